The van der Waals surface area contributed by atoms with Gasteiger partial charge in [-0.15, -0.1) is 0 Å². The number of nitrogen functional groups attached to an aromatic ring is 2. The maximum Gasteiger partial charge on any atom is 0.490 e. The lowest BCUT2D eigenvalue weighted by Crippen LogP contribution is -2.45. The second kappa shape index (κ2) is 24.1. The van der Waals surface area contributed by atoms with Gasteiger partial charge in [-0.1, -0.05) is 11.9 Å². The molecule has 5 aromatic rings. The Morgan fingerprint density at radius 2 is 1.40 bits per heavy atom. The average Bonchev–Trinajstić information content (AvgIpc) is 3.57. The Morgan fingerprint density at radius 3 is 2.09 bits per heavy atom. The van der Waals surface area contributed by atoms with Gasteiger partial charge in [0.15, 0.2) is 35.8 Å². The molecular formula is C40H59N14O24P4+. The first-order valence-electron chi connectivity index (χ1n) is 24.7. The number of aryl methyl sites for hydroxylation is 1. The second-order valence-corrected chi connectivity index (χ2v) is 24.8. The van der Waals surface area contributed by atoms with Gasteiger partial charge in [-0.25, -0.2) is 37.8 Å². The molecule has 0 amide bonds. The third kappa shape index (κ3) is 12.8. The molecule has 38 nitrogen and oxygen atoms in total. The third-order valence-electron chi connectivity index (χ3n) is 13.5. The van der Waals surface area contributed by atoms with E-state index in [1.807, 2.05) is 6.92 Å². The fraction of sp³-hybridized carbons (Fsp3) is 0.600. The largest absolute Gasteiger partial charge is 0.490 e. The quantitative estimate of drug-likeness (QED) is 0.0193. The summed E-state index contributed by atoms with van der Waals surface area (Å²) in [4.78, 5) is 93.9. The Hall–Kier alpha value is -5.08. The van der Waals surface area contributed by atoms with Crippen molar-refractivity contribution in [1.29, 1.82) is 0 Å². The molecule has 0 spiro atoms. The van der Waals surface area contributed by atoms with Crippen molar-refractivity contribution in [2.45, 2.75) is 101 Å². The number of aliphatic hydroxyl groups is 3. The number of imidazole rings is 3. The van der Waals surface area contributed by atoms with Gasteiger partial charge in [0.1, 0.15) is 48.4 Å². The Kier molecular flexibility index (Phi) is 18.1. The molecule has 15 N–H and O–H groups in total. The van der Waals surface area contributed by atoms with Gasteiger partial charge >= 0.3 is 36.9 Å². The van der Waals surface area contributed by atoms with Crippen molar-refractivity contribution in [3.63, 3.8) is 0 Å². The molecule has 0 radical (unpaired) electrons. The van der Waals surface area contributed by atoms with E-state index in [1.165, 1.54) is 33.4 Å². The number of ether oxygens (including phenoxy) is 5. The number of aliphatic imine (C=N–C) groups is 1. The van der Waals surface area contributed by atoms with E-state index >= 15 is 0 Å². The van der Waals surface area contributed by atoms with Crippen LogP contribution in [0.5, 0.6) is 0 Å². The van der Waals surface area contributed by atoms with Crippen LogP contribution >= 0.6 is 31.3 Å². The molecule has 9 rings (SSSR count). The standard InChI is InChI=1S/C40H58N14O24P4/c1-5-17-7-9-44-31-23(22(17)41)45-14-52(31)38-30(68-4)29(76-79(60,61)70-12-20-27(56)28(57)37(74-20)53-15-46-24-32(53)47-39(42)49-34(24)58)21(75-38)13-72-81(64,65)78-82(66,67)77-80(62,63)71-11-19-18(8-10-69-6-2)26(55)36(73-19)54-16-51(3)25-33(54)48-40(43)50-35(25)59/h9,14-16,18-21,26-30,36-38,55-57H,5-8,10-13,41H2,1-4H3,(H9-,42,43,47,48,49,50,58,59,60,61,62,63,64,65,66,67)/p+1/t18-,19-,20-,21-,26-,27-,28-,29-,30-,36-,37-,38-/m1/s1. The number of aliphatic hydroxyl groups excluding tert-OH is 3. The van der Waals surface area contributed by atoms with Crippen LogP contribution in [-0.4, -0.2) is 174 Å². The zero-order valence-electron chi connectivity index (χ0n) is 43.5. The number of methoxy groups -OCH3 is 1. The number of H-pyrrole nitrogens is 2. The molecule has 0 aromatic carbocycles. The van der Waals surface area contributed by atoms with Gasteiger partial charge in [0.2, 0.25) is 17.7 Å². The van der Waals surface area contributed by atoms with Crippen LogP contribution in [0.1, 0.15) is 57.5 Å². The third-order valence-corrected chi connectivity index (χ3v) is 18.8. The van der Waals surface area contributed by atoms with E-state index in [-0.39, 0.29) is 71.1 Å². The summed E-state index contributed by atoms with van der Waals surface area (Å²) in [5.41, 5.74) is 17.6. The van der Waals surface area contributed by atoms with E-state index in [0.29, 0.717) is 12.8 Å². The highest BCUT2D eigenvalue weighted by Gasteiger charge is 2.54. The minimum absolute atomic E-state index is 0.000970. The fourth-order valence-electron chi connectivity index (χ4n) is 9.75. The van der Waals surface area contributed by atoms with Gasteiger partial charge in [-0.3, -0.25) is 51.4 Å². The van der Waals surface area contributed by atoms with Crippen LogP contribution in [0, 0.1) is 5.92 Å². The van der Waals surface area contributed by atoms with Crippen LogP contribution in [0.15, 0.2) is 39.1 Å². The molecule has 5 aromatic heterocycles. The van der Waals surface area contributed by atoms with Crippen molar-refractivity contribution in [1.82, 2.24) is 43.6 Å². The number of hydrogen-bond acceptors (Lipinski definition) is 28. The zero-order valence-corrected chi connectivity index (χ0v) is 47.1. The van der Waals surface area contributed by atoms with Crippen LogP contribution in [0.3, 0.4) is 0 Å². The van der Waals surface area contributed by atoms with Gasteiger partial charge in [0.05, 0.1) is 51.3 Å². The smallest absolute Gasteiger partial charge is 0.397 e. The van der Waals surface area contributed by atoms with Crippen molar-refractivity contribution in [2.24, 2.45) is 23.7 Å². The number of nitrogens with zero attached hydrogens (tertiary/aromatic N) is 9. The summed E-state index contributed by atoms with van der Waals surface area (Å²) in [5.74, 6) is -1.39. The van der Waals surface area contributed by atoms with Crippen LogP contribution in [-0.2, 0) is 75.7 Å². The van der Waals surface area contributed by atoms with E-state index in [9.17, 15) is 62.7 Å². The van der Waals surface area contributed by atoms with Gasteiger partial charge in [-0.2, -0.15) is 13.6 Å². The summed E-state index contributed by atoms with van der Waals surface area (Å²) < 4.78 is 117. The first kappa shape index (κ1) is 61.5. The highest BCUT2D eigenvalue weighted by Crippen LogP contribution is 2.68. The van der Waals surface area contributed by atoms with Gasteiger partial charge in [0.25, 0.3) is 17.1 Å². The van der Waals surface area contributed by atoms with Gasteiger partial charge < -0.3 is 75.8 Å². The van der Waals surface area contributed by atoms with Gasteiger partial charge in [-0.05, 0) is 25.3 Å². The first-order chi connectivity index (χ1) is 38.7. The molecule has 4 aliphatic heterocycles. The Bertz CT molecular complexity index is 3570. The summed E-state index contributed by atoms with van der Waals surface area (Å²) in [6.45, 7) is 0.780. The summed E-state index contributed by atoms with van der Waals surface area (Å²) in [6.07, 6.45) is -11.2. The number of hydrogen-bond donors (Lipinski definition) is 12. The summed E-state index contributed by atoms with van der Waals surface area (Å²) in [5, 5.41) is 33.4. The normalized spacial score (nSPS) is 29.7. The summed E-state index contributed by atoms with van der Waals surface area (Å²) >= 11 is 0. The van der Waals surface area contributed by atoms with Crippen molar-refractivity contribution in [3.05, 3.63) is 51.0 Å². The monoisotopic (exact) mass is 1240 g/mol. The number of nitrogens with one attached hydrogen (secondary N) is 2. The van der Waals surface area contributed by atoms with E-state index in [0.717, 1.165) is 23.6 Å². The minimum atomic E-state index is -6.19. The predicted molar refractivity (Wildman–Crippen MR) is 274 cm³/mol. The lowest BCUT2D eigenvalue weighted by molar-refractivity contribution is -0.745. The first-order valence-corrected chi connectivity index (χ1v) is 30.7. The van der Waals surface area contributed by atoms with Crippen LogP contribution in [0.4, 0.5) is 17.7 Å². The molecule has 42 heteroatoms. The van der Waals surface area contributed by atoms with Crippen LogP contribution in [0.2, 0.25) is 0 Å². The lowest BCUT2D eigenvalue weighted by atomic mass is 9.95. The topological polar surface area (TPSA) is 538 Å². The number of aromatic nitrogens is 10. The maximum atomic E-state index is 13.9. The number of phosphoric acid groups is 4. The molecule has 0 bridgehead atoms. The zero-order chi connectivity index (χ0) is 59.4. The maximum absolute atomic E-state index is 13.9. The Morgan fingerprint density at radius 1 is 0.768 bits per heavy atom. The molecule has 82 heavy (non-hydrogen) atoms. The fourth-order valence-corrected chi connectivity index (χ4v) is 14.2. The molecule has 4 aliphatic rings. The van der Waals surface area contributed by atoms with Crippen molar-refractivity contribution in [2.75, 3.05) is 51.6 Å². The highest BCUT2D eigenvalue weighted by molar-refractivity contribution is 7.66. The van der Waals surface area contributed by atoms with E-state index in [2.05, 4.69) is 43.5 Å². The summed E-state index contributed by atoms with van der Waals surface area (Å²) in [6, 6.07) is 0. The van der Waals surface area contributed by atoms with Crippen LogP contribution < -0.4 is 32.9 Å². The van der Waals surface area contributed by atoms with Gasteiger partial charge in [0, 0.05) is 38.9 Å². The molecule has 3 saturated heterocycles. The molecule has 16 atom stereocenters. The number of rotatable bonds is 24. The molecule has 0 aliphatic carbocycles. The SMILES string of the molecule is CCOCC[C@H]1[C@@H](O)[C@H]([n+]2cn(C)c3c(=O)[nH]c(N)nc32)O[C@@H]1COP(=O)(O)OP(=O)(O)OP(=O)(O)OC[C@H]1O[C@@H](n2cnc3c2N=CCC(CC)=C3N)[C@H](OC)[C@@H]1OP(=O)(O)OC[C@H]1O[C@@H](n2cnc3c(=O)[nH]c(N)nc32)[C@H](O)[C@@H]1O. The Balaban J connectivity index is 0.889. The second-order valence-electron chi connectivity index (χ2n) is 18.8. The number of nitrogens with two attached hydrogens (primary N) is 3. The highest BCUT2D eigenvalue weighted by atomic mass is 31.3. The lowest BCUT2D eigenvalue weighted by Gasteiger charge is -2.26. The Labute approximate surface area is 460 Å². The summed E-state index contributed by atoms with van der Waals surface area (Å²) in [7, 11) is -20.8. The van der Waals surface area contributed by atoms with Crippen molar-refractivity contribution < 1.29 is 108 Å². The molecule has 452 valence electrons. The molecule has 3 fully saturated rings. The molecule has 0 saturated carbocycles. The van der Waals surface area contributed by atoms with Crippen molar-refractivity contribution in [3.8, 4) is 0 Å². The number of anilines is 2. The van der Waals surface area contributed by atoms with Crippen molar-refractivity contribution >= 4 is 83.2 Å². The number of allylic oxidation sites excluding steroid dienone is 1. The predicted octanol–water partition coefficient (Wildman–Crippen LogP) is -1.37. The number of aromatic amines is 2. The minimum Gasteiger partial charge on any atom is -0.397 e. The van der Waals surface area contributed by atoms with Crippen LogP contribution in [0.25, 0.3) is 28.0 Å². The van der Waals surface area contributed by atoms with E-state index < -0.39 is 136 Å². The molecule has 9 heterocycles. The molecule has 4 unspecified atom stereocenters. The van der Waals surface area contributed by atoms with E-state index in [1.54, 1.807) is 13.1 Å². The van der Waals surface area contributed by atoms with E-state index in [4.69, 9.17) is 59.0 Å². The number of fused-ring (bicyclic) bond motifs is 3. The molecular weight excluding hydrogens is 1180 g/mol. The average molecular weight is 1240 g/mol. The number of phosphoric ester groups is 3.